The molecule has 0 saturated heterocycles. The molecule has 0 fully saturated rings. The zero-order chi connectivity index (χ0) is 11.5. The largest absolute Gasteiger partial charge is 0.390 e. The molecule has 0 unspecified atom stereocenters. The number of rotatable bonds is 3. The Bertz CT molecular complexity index is 474. The minimum absolute atomic E-state index is 0.0605. The van der Waals surface area contributed by atoms with Gasteiger partial charge in [0.1, 0.15) is 5.69 Å². The summed E-state index contributed by atoms with van der Waals surface area (Å²) in [4.78, 5) is 0. The maximum absolute atomic E-state index is 9.14. The first-order valence-corrected chi connectivity index (χ1v) is 5.37. The third-order valence-corrected chi connectivity index (χ3v) is 2.61. The molecular weight excluding hydrogens is 202 g/mol. The maximum Gasteiger partial charge on any atom is 0.112 e. The summed E-state index contributed by atoms with van der Waals surface area (Å²) in [5.74, 6) is 0. The second-order valence-electron chi connectivity index (χ2n) is 3.74. The average Bonchev–Trinajstić information content (AvgIpc) is 2.72. The van der Waals surface area contributed by atoms with E-state index >= 15 is 0 Å². The minimum Gasteiger partial charge on any atom is -0.390 e. The third-order valence-electron chi connectivity index (χ3n) is 2.61. The van der Waals surface area contributed by atoms with E-state index in [1.54, 1.807) is 4.68 Å². The number of hydrogen-bond acceptors (Lipinski definition) is 3. The SMILES string of the molecule is CCc1c(CO)nnn1-c1ccc(C)cc1. The number of aromatic nitrogens is 3. The lowest BCUT2D eigenvalue weighted by Gasteiger charge is -2.05. The number of nitrogens with zero attached hydrogens (tertiary/aromatic N) is 3. The Morgan fingerprint density at radius 1 is 1.25 bits per heavy atom. The highest BCUT2D eigenvalue weighted by Crippen LogP contribution is 2.14. The molecule has 0 bridgehead atoms. The van der Waals surface area contributed by atoms with Crippen LogP contribution in [0.4, 0.5) is 0 Å². The molecule has 4 nitrogen and oxygen atoms in total. The highest BCUT2D eigenvalue weighted by atomic mass is 16.3. The summed E-state index contributed by atoms with van der Waals surface area (Å²) in [5.41, 5.74) is 3.81. The van der Waals surface area contributed by atoms with Crippen molar-refractivity contribution in [3.05, 3.63) is 41.2 Å². The lowest BCUT2D eigenvalue weighted by atomic mass is 10.2. The monoisotopic (exact) mass is 217 g/mol. The molecule has 16 heavy (non-hydrogen) atoms. The van der Waals surface area contributed by atoms with Crippen molar-refractivity contribution in [2.24, 2.45) is 0 Å². The van der Waals surface area contributed by atoms with Crippen LogP contribution in [0.5, 0.6) is 0 Å². The van der Waals surface area contributed by atoms with E-state index in [1.807, 2.05) is 38.1 Å². The van der Waals surface area contributed by atoms with Gasteiger partial charge in [-0.05, 0) is 25.5 Å². The molecule has 0 spiro atoms. The Morgan fingerprint density at radius 3 is 2.50 bits per heavy atom. The van der Waals surface area contributed by atoms with E-state index in [9.17, 15) is 0 Å². The van der Waals surface area contributed by atoms with E-state index in [-0.39, 0.29) is 6.61 Å². The van der Waals surface area contributed by atoms with Crippen molar-refractivity contribution in [1.29, 1.82) is 0 Å². The summed E-state index contributed by atoms with van der Waals surface area (Å²) in [6.07, 6.45) is 0.802. The van der Waals surface area contributed by atoms with Gasteiger partial charge in [-0.25, -0.2) is 4.68 Å². The Labute approximate surface area is 94.5 Å². The molecule has 84 valence electrons. The quantitative estimate of drug-likeness (QED) is 0.850. The molecule has 0 amide bonds. The summed E-state index contributed by atoms with van der Waals surface area (Å²) in [6, 6.07) is 8.08. The topological polar surface area (TPSA) is 50.9 Å². The van der Waals surface area contributed by atoms with Gasteiger partial charge < -0.3 is 5.11 Å². The number of aliphatic hydroxyl groups is 1. The second kappa shape index (κ2) is 4.45. The molecule has 1 heterocycles. The van der Waals surface area contributed by atoms with E-state index in [2.05, 4.69) is 10.3 Å². The second-order valence-corrected chi connectivity index (χ2v) is 3.74. The number of aliphatic hydroxyl groups excluding tert-OH is 1. The van der Waals surface area contributed by atoms with Gasteiger partial charge in [0.05, 0.1) is 18.0 Å². The van der Waals surface area contributed by atoms with Gasteiger partial charge in [0.25, 0.3) is 0 Å². The minimum atomic E-state index is -0.0605. The van der Waals surface area contributed by atoms with Crippen LogP contribution in [0.2, 0.25) is 0 Å². The molecule has 2 rings (SSSR count). The van der Waals surface area contributed by atoms with Crippen LogP contribution < -0.4 is 0 Å². The van der Waals surface area contributed by atoms with Crippen LogP contribution in [0, 0.1) is 6.92 Å². The predicted octanol–water partition coefficient (Wildman–Crippen LogP) is 1.63. The predicted molar refractivity (Wildman–Crippen MR) is 61.4 cm³/mol. The first-order valence-electron chi connectivity index (χ1n) is 5.37. The van der Waals surface area contributed by atoms with Gasteiger partial charge in [-0.15, -0.1) is 5.10 Å². The summed E-state index contributed by atoms with van der Waals surface area (Å²) in [7, 11) is 0. The van der Waals surface area contributed by atoms with Crippen molar-refractivity contribution in [2.45, 2.75) is 26.9 Å². The Morgan fingerprint density at radius 2 is 1.94 bits per heavy atom. The Hall–Kier alpha value is -1.68. The van der Waals surface area contributed by atoms with Gasteiger partial charge in [0.2, 0.25) is 0 Å². The molecule has 0 aliphatic carbocycles. The zero-order valence-electron chi connectivity index (χ0n) is 9.51. The van der Waals surface area contributed by atoms with E-state index in [0.29, 0.717) is 5.69 Å². The van der Waals surface area contributed by atoms with E-state index < -0.39 is 0 Å². The van der Waals surface area contributed by atoms with Gasteiger partial charge in [0.15, 0.2) is 0 Å². The molecule has 0 saturated carbocycles. The van der Waals surface area contributed by atoms with Gasteiger partial charge in [-0.2, -0.15) is 0 Å². The molecule has 1 aromatic heterocycles. The van der Waals surface area contributed by atoms with E-state index in [0.717, 1.165) is 17.8 Å². The van der Waals surface area contributed by atoms with Crippen molar-refractivity contribution >= 4 is 0 Å². The standard InChI is InChI=1S/C12H15N3O/c1-3-12-11(8-16)13-14-15(12)10-6-4-9(2)5-7-10/h4-7,16H,3,8H2,1-2H3. The summed E-state index contributed by atoms with van der Waals surface area (Å²) >= 11 is 0. The smallest absolute Gasteiger partial charge is 0.112 e. The number of aryl methyl sites for hydroxylation is 1. The van der Waals surface area contributed by atoms with Crippen LogP contribution in [-0.2, 0) is 13.0 Å². The van der Waals surface area contributed by atoms with Crippen molar-refractivity contribution in [2.75, 3.05) is 0 Å². The average molecular weight is 217 g/mol. The molecular formula is C12H15N3O. The fourth-order valence-electron chi connectivity index (χ4n) is 1.70. The van der Waals surface area contributed by atoms with Gasteiger partial charge in [-0.3, -0.25) is 0 Å². The first-order chi connectivity index (χ1) is 7.76. The van der Waals surface area contributed by atoms with Crippen LogP contribution in [-0.4, -0.2) is 20.1 Å². The normalized spacial score (nSPS) is 10.7. The number of hydrogen-bond donors (Lipinski definition) is 1. The van der Waals surface area contributed by atoms with Crippen molar-refractivity contribution < 1.29 is 5.11 Å². The van der Waals surface area contributed by atoms with Gasteiger partial charge >= 0.3 is 0 Å². The van der Waals surface area contributed by atoms with Crippen molar-refractivity contribution in [3.8, 4) is 5.69 Å². The molecule has 0 atom stereocenters. The fourth-order valence-corrected chi connectivity index (χ4v) is 1.70. The van der Waals surface area contributed by atoms with Crippen LogP contribution in [0.15, 0.2) is 24.3 Å². The van der Waals surface area contributed by atoms with Gasteiger partial charge in [-0.1, -0.05) is 29.8 Å². The molecule has 0 aliphatic rings. The molecule has 0 aliphatic heterocycles. The molecule has 2 aromatic rings. The van der Waals surface area contributed by atoms with Crippen molar-refractivity contribution in [1.82, 2.24) is 15.0 Å². The highest BCUT2D eigenvalue weighted by Gasteiger charge is 2.11. The first kappa shape index (κ1) is 10.8. The Balaban J connectivity index is 2.47. The van der Waals surface area contributed by atoms with E-state index in [4.69, 9.17) is 5.11 Å². The zero-order valence-corrected chi connectivity index (χ0v) is 9.51. The highest BCUT2D eigenvalue weighted by molar-refractivity contribution is 5.35. The molecule has 1 aromatic carbocycles. The summed E-state index contributed by atoms with van der Waals surface area (Å²) in [6.45, 7) is 4.02. The Kier molecular flexibility index (Phi) is 3.01. The lowest BCUT2D eigenvalue weighted by Crippen LogP contribution is -2.02. The molecule has 4 heteroatoms. The molecule has 1 N–H and O–H groups in total. The summed E-state index contributed by atoms with van der Waals surface area (Å²) < 4.78 is 1.78. The lowest BCUT2D eigenvalue weighted by molar-refractivity contribution is 0.275. The van der Waals surface area contributed by atoms with Crippen LogP contribution >= 0.6 is 0 Å². The van der Waals surface area contributed by atoms with Gasteiger partial charge in [0, 0.05) is 0 Å². The summed E-state index contributed by atoms with van der Waals surface area (Å²) in [5, 5.41) is 17.2. The van der Waals surface area contributed by atoms with E-state index in [1.165, 1.54) is 5.56 Å². The third kappa shape index (κ3) is 1.84. The maximum atomic E-state index is 9.14. The van der Waals surface area contributed by atoms with Crippen LogP contribution in [0.25, 0.3) is 5.69 Å². The van der Waals surface area contributed by atoms with Crippen LogP contribution in [0.3, 0.4) is 0 Å². The van der Waals surface area contributed by atoms with Crippen LogP contribution in [0.1, 0.15) is 23.9 Å². The van der Waals surface area contributed by atoms with Crippen molar-refractivity contribution in [3.63, 3.8) is 0 Å². The fraction of sp³-hybridized carbons (Fsp3) is 0.333. The molecule has 0 radical (unpaired) electrons. The number of benzene rings is 1.